The molecule has 0 aliphatic carbocycles. The van der Waals surface area contributed by atoms with Crippen LogP contribution in [-0.4, -0.2) is 32.5 Å². The summed E-state index contributed by atoms with van der Waals surface area (Å²) in [5.41, 5.74) is 1.15. The van der Waals surface area contributed by atoms with Crippen LogP contribution in [0.5, 0.6) is 0 Å². The van der Waals surface area contributed by atoms with Gasteiger partial charge in [-0.1, -0.05) is 41.9 Å². The van der Waals surface area contributed by atoms with Gasteiger partial charge in [0.25, 0.3) is 0 Å². The minimum atomic E-state index is -4.53. The fraction of sp³-hybridized carbons (Fsp3) is 0.174. The van der Waals surface area contributed by atoms with Crippen molar-refractivity contribution in [2.24, 2.45) is 0 Å². The lowest BCUT2D eigenvalue weighted by Gasteiger charge is -2.13. The minimum Gasteiger partial charge on any atom is -0.612 e. The van der Waals surface area contributed by atoms with Gasteiger partial charge in [-0.2, -0.15) is 13.2 Å². The number of H-pyrrole nitrogens is 1. The van der Waals surface area contributed by atoms with Crippen molar-refractivity contribution in [3.05, 3.63) is 82.6 Å². The lowest BCUT2D eigenvalue weighted by Crippen LogP contribution is -2.08. The van der Waals surface area contributed by atoms with Gasteiger partial charge in [0.2, 0.25) is 0 Å². The highest BCUT2D eigenvalue weighted by Gasteiger charge is 2.34. The van der Waals surface area contributed by atoms with Crippen molar-refractivity contribution in [2.45, 2.75) is 17.0 Å². The van der Waals surface area contributed by atoms with Crippen molar-refractivity contribution >= 4 is 33.8 Å². The normalized spacial score (nSPS) is 14.0. The monoisotopic (exact) mass is 478 g/mol. The number of hydrogen-bond donors (Lipinski definition) is 2. The fourth-order valence-electron chi connectivity index (χ4n) is 3.63. The summed E-state index contributed by atoms with van der Waals surface area (Å²) >= 11 is 5.23. The molecule has 0 saturated carbocycles. The molecule has 32 heavy (non-hydrogen) atoms. The second kappa shape index (κ2) is 8.78. The van der Waals surface area contributed by atoms with Gasteiger partial charge in [-0.25, -0.2) is 4.98 Å². The van der Waals surface area contributed by atoms with Crippen LogP contribution in [0.25, 0.3) is 22.2 Å². The zero-order valence-electron chi connectivity index (χ0n) is 16.8. The number of nitrogens with zero attached hydrogens (tertiary/aromatic N) is 1. The van der Waals surface area contributed by atoms with Crippen LogP contribution >= 0.6 is 11.6 Å². The number of hydrogen-bond acceptors (Lipinski definition) is 3. The third-order valence-electron chi connectivity index (χ3n) is 5.24. The first-order valence-corrected chi connectivity index (χ1v) is 11.5. The topological polar surface area (TPSA) is 72.0 Å². The Bertz CT molecular complexity index is 1260. The summed E-state index contributed by atoms with van der Waals surface area (Å²) < 4.78 is 52.1. The van der Waals surface area contributed by atoms with Crippen LogP contribution in [0.3, 0.4) is 0 Å². The number of rotatable bonds is 5. The molecule has 9 heteroatoms. The van der Waals surface area contributed by atoms with E-state index in [0.717, 1.165) is 11.6 Å². The van der Waals surface area contributed by atoms with Crippen molar-refractivity contribution in [2.75, 3.05) is 12.9 Å². The molecule has 0 amide bonds. The Kier molecular flexibility index (Phi) is 6.22. The zero-order chi connectivity index (χ0) is 23.0. The molecule has 0 bridgehead atoms. The van der Waals surface area contributed by atoms with Crippen LogP contribution in [0.15, 0.2) is 65.6 Å². The third kappa shape index (κ3) is 4.36. The Morgan fingerprint density at radius 1 is 1.09 bits per heavy atom. The third-order valence-corrected chi connectivity index (χ3v) is 6.49. The quantitative estimate of drug-likeness (QED) is 0.358. The van der Waals surface area contributed by atoms with Crippen LogP contribution in [-0.2, 0) is 17.4 Å². The SMILES string of the molecule is C[S+]([O-])c1ccc(C(CO)c2nc3cc(-c4ccccc4C(F)(F)F)c(Cl)cc3[nH]2)cc1. The average Bonchev–Trinajstić information content (AvgIpc) is 3.15. The Hall–Kier alpha value is -2.52. The summed E-state index contributed by atoms with van der Waals surface area (Å²) in [6.07, 6.45) is -2.95. The first-order valence-electron chi connectivity index (χ1n) is 9.59. The number of benzene rings is 3. The van der Waals surface area contributed by atoms with Crippen molar-refractivity contribution in [3.8, 4) is 11.1 Å². The van der Waals surface area contributed by atoms with Crippen LogP contribution < -0.4 is 0 Å². The van der Waals surface area contributed by atoms with Gasteiger partial charge < -0.3 is 14.6 Å². The highest BCUT2D eigenvalue weighted by atomic mass is 35.5. The van der Waals surface area contributed by atoms with Gasteiger partial charge in [-0.05, 0) is 52.6 Å². The molecule has 2 N–H and O–H groups in total. The lowest BCUT2D eigenvalue weighted by atomic mass is 9.99. The second-order valence-corrected chi connectivity index (χ2v) is 9.06. The molecule has 0 aliphatic rings. The van der Waals surface area contributed by atoms with E-state index in [9.17, 15) is 22.8 Å². The Labute approximate surface area is 190 Å². The summed E-state index contributed by atoms with van der Waals surface area (Å²) in [5.74, 6) is -0.0448. The molecule has 2 atom stereocenters. The number of alkyl halides is 3. The van der Waals surface area contributed by atoms with Crippen molar-refractivity contribution in [1.29, 1.82) is 0 Å². The van der Waals surface area contributed by atoms with Crippen molar-refractivity contribution < 1.29 is 22.8 Å². The number of aliphatic hydroxyl groups excluding tert-OH is 1. The largest absolute Gasteiger partial charge is 0.612 e. The van der Waals surface area contributed by atoms with Crippen LogP contribution in [0, 0.1) is 0 Å². The molecular formula is C23H18ClF3N2O2S. The molecule has 0 spiro atoms. The van der Waals surface area contributed by atoms with Crippen molar-refractivity contribution in [3.63, 3.8) is 0 Å². The lowest BCUT2D eigenvalue weighted by molar-refractivity contribution is -0.137. The predicted octanol–water partition coefficient (Wildman–Crippen LogP) is 5.76. The molecule has 2 unspecified atom stereocenters. The standard InChI is InChI=1S/C23H18ClF3N2O2S/c1-32(31)14-8-6-13(7-9-14)17(12-30)22-28-20-10-16(19(24)11-21(20)29-22)15-4-2-3-5-18(15)23(25,26)27/h2-11,17,30H,12H2,1H3,(H,28,29). The summed E-state index contributed by atoms with van der Waals surface area (Å²) in [6.45, 7) is -0.244. The molecule has 4 aromatic rings. The van der Waals surface area contributed by atoms with E-state index in [2.05, 4.69) is 9.97 Å². The number of halogens is 4. The minimum absolute atomic E-state index is 0.0293. The van der Waals surface area contributed by atoms with Gasteiger partial charge in [0.05, 0.1) is 34.1 Å². The van der Waals surface area contributed by atoms with Gasteiger partial charge in [0.1, 0.15) is 12.1 Å². The van der Waals surface area contributed by atoms with Gasteiger partial charge >= 0.3 is 6.18 Å². The molecule has 0 fully saturated rings. The Morgan fingerprint density at radius 3 is 2.41 bits per heavy atom. The summed E-state index contributed by atoms with van der Waals surface area (Å²) in [4.78, 5) is 8.29. The number of nitrogens with one attached hydrogen (secondary N) is 1. The van der Waals surface area contributed by atoms with E-state index in [0.29, 0.717) is 21.8 Å². The van der Waals surface area contributed by atoms with E-state index in [1.807, 2.05) is 0 Å². The Morgan fingerprint density at radius 2 is 1.78 bits per heavy atom. The molecule has 3 aromatic carbocycles. The number of fused-ring (bicyclic) bond motifs is 1. The number of imidazole rings is 1. The summed E-state index contributed by atoms with van der Waals surface area (Å²) in [6, 6.07) is 15.3. The molecule has 166 valence electrons. The average molecular weight is 479 g/mol. The van der Waals surface area contributed by atoms with Gasteiger partial charge in [-0.3, -0.25) is 0 Å². The number of aliphatic hydroxyl groups is 1. The van der Waals surface area contributed by atoms with Crippen LogP contribution in [0.1, 0.15) is 22.9 Å². The maximum absolute atomic E-state index is 13.5. The second-order valence-electron chi connectivity index (χ2n) is 7.27. The van der Waals surface area contributed by atoms with Gasteiger partial charge in [-0.15, -0.1) is 0 Å². The Balaban J connectivity index is 1.78. The van der Waals surface area contributed by atoms with E-state index < -0.39 is 28.8 Å². The summed E-state index contributed by atoms with van der Waals surface area (Å²) in [7, 11) is 0. The fourth-order valence-corrected chi connectivity index (χ4v) is 4.41. The maximum Gasteiger partial charge on any atom is 0.417 e. The predicted molar refractivity (Wildman–Crippen MR) is 119 cm³/mol. The van der Waals surface area contributed by atoms with Crippen LogP contribution in [0.4, 0.5) is 13.2 Å². The van der Waals surface area contributed by atoms with Crippen molar-refractivity contribution in [1.82, 2.24) is 9.97 Å². The van der Waals surface area contributed by atoms with E-state index >= 15 is 0 Å². The molecule has 4 nitrogen and oxygen atoms in total. The molecule has 1 heterocycles. The van der Waals surface area contributed by atoms with Crippen LogP contribution in [0.2, 0.25) is 5.02 Å². The molecule has 0 aliphatic heterocycles. The molecular weight excluding hydrogens is 461 g/mol. The maximum atomic E-state index is 13.5. The molecule has 0 radical (unpaired) electrons. The van der Waals surface area contributed by atoms with E-state index in [1.165, 1.54) is 30.3 Å². The first kappa shape index (κ1) is 22.7. The number of aromatic nitrogens is 2. The number of aromatic amines is 1. The van der Waals surface area contributed by atoms with Gasteiger partial charge in [0, 0.05) is 5.56 Å². The summed E-state index contributed by atoms with van der Waals surface area (Å²) in [5, 5.41) is 10.1. The van der Waals surface area contributed by atoms with E-state index in [-0.39, 0.29) is 22.8 Å². The smallest absolute Gasteiger partial charge is 0.417 e. The van der Waals surface area contributed by atoms with E-state index in [4.69, 9.17) is 11.6 Å². The van der Waals surface area contributed by atoms with E-state index in [1.54, 1.807) is 30.5 Å². The molecule has 1 aromatic heterocycles. The van der Waals surface area contributed by atoms with Gasteiger partial charge in [0.15, 0.2) is 4.90 Å². The molecule has 4 rings (SSSR count). The highest BCUT2D eigenvalue weighted by Crippen LogP contribution is 2.40. The highest BCUT2D eigenvalue weighted by molar-refractivity contribution is 7.90. The zero-order valence-corrected chi connectivity index (χ0v) is 18.4. The molecule has 0 saturated heterocycles. The first-order chi connectivity index (χ1) is 15.2.